The Kier molecular flexibility index (Phi) is 6.60. The Bertz CT molecular complexity index is 492. The number of carbonyl (C=O) groups excluding carboxylic acids is 1. The molecular weight excluding hydrogens is 326 g/mol. The van der Waals surface area contributed by atoms with Gasteiger partial charge >= 0.3 is 0 Å². The molecule has 110 valence electrons. The van der Waals surface area contributed by atoms with E-state index in [0.29, 0.717) is 29.5 Å². The molecule has 1 aromatic carbocycles. The standard InChI is InChI=1S/C13H18BrN3O3/c1-9(2)16-13(18)5-6-15-8-10-3-4-11(14)7-12(10)17(19)20/h3-4,7,9,15H,5-6,8H2,1-2H3,(H,16,18). The third kappa shape index (κ3) is 5.66. The Morgan fingerprint density at radius 3 is 2.75 bits per heavy atom. The van der Waals surface area contributed by atoms with E-state index in [-0.39, 0.29) is 17.6 Å². The molecule has 0 spiro atoms. The second-order valence-corrected chi connectivity index (χ2v) is 5.59. The van der Waals surface area contributed by atoms with E-state index in [4.69, 9.17) is 0 Å². The van der Waals surface area contributed by atoms with Crippen LogP contribution in [-0.4, -0.2) is 23.4 Å². The number of nitro benzene ring substituents is 1. The van der Waals surface area contributed by atoms with Gasteiger partial charge in [0.25, 0.3) is 5.69 Å². The second-order valence-electron chi connectivity index (χ2n) is 4.68. The number of amides is 1. The second kappa shape index (κ2) is 7.96. The van der Waals surface area contributed by atoms with E-state index in [1.54, 1.807) is 12.1 Å². The number of hydrogen-bond acceptors (Lipinski definition) is 4. The molecule has 0 unspecified atom stereocenters. The van der Waals surface area contributed by atoms with Crippen LogP contribution >= 0.6 is 15.9 Å². The lowest BCUT2D eigenvalue weighted by Gasteiger charge is -2.09. The van der Waals surface area contributed by atoms with Crippen molar-refractivity contribution >= 4 is 27.5 Å². The summed E-state index contributed by atoms with van der Waals surface area (Å²) in [7, 11) is 0. The van der Waals surface area contributed by atoms with Crippen LogP contribution in [0.4, 0.5) is 5.69 Å². The summed E-state index contributed by atoms with van der Waals surface area (Å²) >= 11 is 3.21. The number of nitrogens with zero attached hydrogens (tertiary/aromatic N) is 1. The molecule has 0 aromatic heterocycles. The summed E-state index contributed by atoms with van der Waals surface area (Å²) in [5.41, 5.74) is 0.668. The fourth-order valence-corrected chi connectivity index (χ4v) is 2.02. The molecule has 0 saturated heterocycles. The highest BCUT2D eigenvalue weighted by atomic mass is 79.9. The summed E-state index contributed by atoms with van der Waals surface area (Å²) in [5.74, 6) is -0.0298. The van der Waals surface area contributed by atoms with Gasteiger partial charge < -0.3 is 10.6 Å². The van der Waals surface area contributed by atoms with Gasteiger partial charge in [0.2, 0.25) is 5.91 Å². The number of halogens is 1. The van der Waals surface area contributed by atoms with Gasteiger partial charge in [-0.15, -0.1) is 0 Å². The molecule has 0 aliphatic heterocycles. The van der Waals surface area contributed by atoms with E-state index >= 15 is 0 Å². The monoisotopic (exact) mass is 343 g/mol. The Morgan fingerprint density at radius 1 is 1.45 bits per heavy atom. The SMILES string of the molecule is CC(C)NC(=O)CCNCc1ccc(Br)cc1[N+](=O)[O-]. The fraction of sp³-hybridized carbons (Fsp3) is 0.462. The number of benzene rings is 1. The molecule has 2 N–H and O–H groups in total. The smallest absolute Gasteiger partial charge is 0.275 e. The topological polar surface area (TPSA) is 84.3 Å². The summed E-state index contributed by atoms with van der Waals surface area (Å²) in [6, 6.07) is 5.05. The van der Waals surface area contributed by atoms with Gasteiger partial charge in [0, 0.05) is 41.7 Å². The Labute approximate surface area is 126 Å². The van der Waals surface area contributed by atoms with Crippen LogP contribution in [-0.2, 0) is 11.3 Å². The van der Waals surface area contributed by atoms with E-state index in [1.807, 2.05) is 13.8 Å². The highest BCUT2D eigenvalue weighted by Crippen LogP contribution is 2.23. The molecule has 0 atom stereocenters. The molecule has 20 heavy (non-hydrogen) atoms. The van der Waals surface area contributed by atoms with Crippen molar-refractivity contribution in [2.24, 2.45) is 0 Å². The molecule has 0 fully saturated rings. The summed E-state index contributed by atoms with van der Waals surface area (Å²) in [4.78, 5) is 21.9. The van der Waals surface area contributed by atoms with Crippen molar-refractivity contribution in [2.75, 3.05) is 6.54 Å². The van der Waals surface area contributed by atoms with Crippen LogP contribution in [0.15, 0.2) is 22.7 Å². The van der Waals surface area contributed by atoms with Crippen molar-refractivity contribution in [3.05, 3.63) is 38.3 Å². The van der Waals surface area contributed by atoms with Gasteiger partial charge in [-0.1, -0.05) is 15.9 Å². The van der Waals surface area contributed by atoms with Crippen LogP contribution in [0, 0.1) is 10.1 Å². The van der Waals surface area contributed by atoms with Crippen molar-refractivity contribution in [1.82, 2.24) is 10.6 Å². The first-order chi connectivity index (χ1) is 9.40. The minimum absolute atomic E-state index is 0.0298. The van der Waals surface area contributed by atoms with E-state index in [2.05, 4.69) is 26.6 Å². The van der Waals surface area contributed by atoms with Gasteiger partial charge in [-0.25, -0.2) is 0 Å². The first-order valence-electron chi connectivity index (χ1n) is 6.33. The van der Waals surface area contributed by atoms with Gasteiger partial charge in [0.05, 0.1) is 4.92 Å². The molecule has 1 aromatic rings. The van der Waals surface area contributed by atoms with Crippen LogP contribution in [0.1, 0.15) is 25.8 Å². The van der Waals surface area contributed by atoms with Gasteiger partial charge in [0.1, 0.15) is 0 Å². The zero-order chi connectivity index (χ0) is 15.1. The first kappa shape index (κ1) is 16.6. The highest BCUT2D eigenvalue weighted by Gasteiger charge is 2.13. The van der Waals surface area contributed by atoms with Gasteiger partial charge in [-0.05, 0) is 26.0 Å². The lowest BCUT2D eigenvalue weighted by atomic mass is 10.2. The minimum Gasteiger partial charge on any atom is -0.354 e. The molecule has 7 heteroatoms. The van der Waals surface area contributed by atoms with Gasteiger partial charge in [0.15, 0.2) is 0 Å². The van der Waals surface area contributed by atoms with E-state index in [1.165, 1.54) is 6.07 Å². The van der Waals surface area contributed by atoms with Crippen molar-refractivity contribution in [2.45, 2.75) is 32.9 Å². The number of nitro groups is 1. The quantitative estimate of drug-likeness (QED) is 0.452. The number of rotatable bonds is 7. The van der Waals surface area contributed by atoms with E-state index in [9.17, 15) is 14.9 Å². The number of hydrogen-bond donors (Lipinski definition) is 2. The summed E-state index contributed by atoms with van der Waals surface area (Å²) < 4.78 is 0.671. The van der Waals surface area contributed by atoms with Crippen molar-refractivity contribution < 1.29 is 9.72 Å². The van der Waals surface area contributed by atoms with Crippen LogP contribution < -0.4 is 10.6 Å². The third-order valence-electron chi connectivity index (χ3n) is 2.54. The summed E-state index contributed by atoms with van der Waals surface area (Å²) in [5, 5.41) is 16.8. The molecule has 0 radical (unpaired) electrons. The molecule has 0 saturated carbocycles. The Morgan fingerprint density at radius 2 is 2.15 bits per heavy atom. The van der Waals surface area contributed by atoms with Crippen molar-refractivity contribution in [1.29, 1.82) is 0 Å². The van der Waals surface area contributed by atoms with Crippen molar-refractivity contribution in [3.63, 3.8) is 0 Å². The van der Waals surface area contributed by atoms with E-state index in [0.717, 1.165) is 0 Å². The predicted octanol–water partition coefficient (Wildman–Crippen LogP) is 2.36. The zero-order valence-electron chi connectivity index (χ0n) is 11.5. The predicted molar refractivity (Wildman–Crippen MR) is 80.4 cm³/mol. The number of nitrogens with one attached hydrogen (secondary N) is 2. The zero-order valence-corrected chi connectivity index (χ0v) is 13.1. The Hall–Kier alpha value is -1.47. The largest absolute Gasteiger partial charge is 0.354 e. The van der Waals surface area contributed by atoms with Crippen LogP contribution in [0.25, 0.3) is 0 Å². The lowest BCUT2D eigenvalue weighted by Crippen LogP contribution is -2.32. The van der Waals surface area contributed by atoms with E-state index < -0.39 is 4.92 Å². The minimum atomic E-state index is -0.409. The Balaban J connectivity index is 2.46. The van der Waals surface area contributed by atoms with Crippen LogP contribution in [0.5, 0.6) is 0 Å². The molecule has 1 rings (SSSR count). The fourth-order valence-electron chi connectivity index (χ4n) is 1.68. The molecule has 0 bridgehead atoms. The normalized spacial score (nSPS) is 10.6. The lowest BCUT2D eigenvalue weighted by molar-refractivity contribution is -0.385. The average molecular weight is 344 g/mol. The molecule has 0 aliphatic carbocycles. The average Bonchev–Trinajstić information content (AvgIpc) is 2.34. The maximum atomic E-state index is 11.4. The number of carbonyl (C=O) groups is 1. The summed E-state index contributed by atoms with van der Waals surface area (Å²) in [6.07, 6.45) is 0.350. The van der Waals surface area contributed by atoms with Crippen LogP contribution in [0.3, 0.4) is 0 Å². The molecule has 0 aliphatic rings. The van der Waals surface area contributed by atoms with Gasteiger partial charge in [-0.2, -0.15) is 0 Å². The maximum absolute atomic E-state index is 11.4. The van der Waals surface area contributed by atoms with Crippen LogP contribution in [0.2, 0.25) is 0 Å². The summed E-state index contributed by atoms with van der Waals surface area (Å²) in [6.45, 7) is 4.64. The molecular formula is C13H18BrN3O3. The third-order valence-corrected chi connectivity index (χ3v) is 3.03. The highest BCUT2D eigenvalue weighted by molar-refractivity contribution is 9.10. The molecule has 0 heterocycles. The maximum Gasteiger partial charge on any atom is 0.275 e. The molecule has 1 amide bonds. The van der Waals surface area contributed by atoms with Crippen molar-refractivity contribution in [3.8, 4) is 0 Å². The first-order valence-corrected chi connectivity index (χ1v) is 7.12. The van der Waals surface area contributed by atoms with Gasteiger partial charge in [-0.3, -0.25) is 14.9 Å². The molecule has 6 nitrogen and oxygen atoms in total.